The van der Waals surface area contributed by atoms with Crippen molar-refractivity contribution in [2.24, 2.45) is 0 Å². The van der Waals surface area contributed by atoms with Gasteiger partial charge in [0, 0.05) is 16.2 Å². The highest BCUT2D eigenvalue weighted by atomic mass is 35.5. The van der Waals surface area contributed by atoms with E-state index < -0.39 is 5.91 Å². The van der Waals surface area contributed by atoms with Crippen LogP contribution in [0.25, 0.3) is 0 Å². The zero-order valence-corrected chi connectivity index (χ0v) is 13.9. The molecule has 2 rings (SSSR count). The first-order valence-corrected chi connectivity index (χ1v) is 7.49. The number of benzene rings is 1. The lowest BCUT2D eigenvalue weighted by molar-refractivity contribution is 0.0914. The lowest BCUT2D eigenvalue weighted by atomic mass is 10.1. The zero-order valence-electron chi connectivity index (χ0n) is 13.2. The molecule has 0 unspecified atom stereocenters. The van der Waals surface area contributed by atoms with Gasteiger partial charge in [-0.2, -0.15) is 0 Å². The Kier molecular flexibility index (Phi) is 5.01. The molecule has 0 radical (unpaired) electrons. The number of hydrogen-bond acceptors (Lipinski definition) is 3. The van der Waals surface area contributed by atoms with Gasteiger partial charge in [0.25, 0.3) is 11.8 Å². The minimum Gasteiger partial charge on any atom is -0.346 e. The topological polar surface area (TPSA) is 71.1 Å². The Balaban J connectivity index is 2.16. The average Bonchev–Trinajstić information content (AvgIpc) is 2.45. The van der Waals surface area contributed by atoms with Crippen molar-refractivity contribution < 1.29 is 9.59 Å². The minimum absolute atomic E-state index is 0.159. The van der Waals surface area contributed by atoms with Gasteiger partial charge in [-0.1, -0.05) is 23.7 Å². The van der Waals surface area contributed by atoms with Crippen LogP contribution in [0.2, 0.25) is 5.02 Å². The number of aromatic nitrogens is 1. The number of amides is 2. The van der Waals surface area contributed by atoms with Crippen LogP contribution < -0.4 is 10.6 Å². The largest absolute Gasteiger partial charge is 0.346 e. The number of halogens is 1. The fourth-order valence-corrected chi connectivity index (χ4v) is 2.04. The molecule has 2 aromatic rings. The van der Waals surface area contributed by atoms with E-state index in [2.05, 4.69) is 15.6 Å². The number of carbonyl (C=O) groups excluding carboxylic acids is 2. The third kappa shape index (κ3) is 5.07. The van der Waals surface area contributed by atoms with E-state index in [1.807, 2.05) is 20.8 Å². The first-order valence-electron chi connectivity index (χ1n) is 7.11. The van der Waals surface area contributed by atoms with Crippen LogP contribution >= 0.6 is 11.6 Å². The summed E-state index contributed by atoms with van der Waals surface area (Å²) in [6.45, 7) is 5.63. The summed E-state index contributed by atoms with van der Waals surface area (Å²) in [6, 6.07) is 11.5. The van der Waals surface area contributed by atoms with Crippen molar-refractivity contribution in [3.05, 3.63) is 58.9 Å². The van der Waals surface area contributed by atoms with Gasteiger partial charge in [-0.15, -0.1) is 0 Å². The maximum Gasteiger partial charge on any atom is 0.274 e. The maximum absolute atomic E-state index is 12.2. The predicted octanol–water partition coefficient (Wildman–Crippen LogP) is 3.52. The highest BCUT2D eigenvalue weighted by Gasteiger charge is 2.17. The van der Waals surface area contributed by atoms with Gasteiger partial charge in [-0.05, 0) is 51.1 Å². The summed E-state index contributed by atoms with van der Waals surface area (Å²) in [6.07, 6.45) is 0. The number of rotatable bonds is 3. The van der Waals surface area contributed by atoms with E-state index in [1.165, 1.54) is 0 Å². The first kappa shape index (κ1) is 17.0. The Labute approximate surface area is 140 Å². The van der Waals surface area contributed by atoms with Crippen LogP contribution in [0.4, 0.5) is 5.69 Å². The monoisotopic (exact) mass is 331 g/mol. The van der Waals surface area contributed by atoms with E-state index in [-0.39, 0.29) is 22.8 Å². The second-order valence-corrected chi connectivity index (χ2v) is 6.51. The van der Waals surface area contributed by atoms with E-state index in [4.69, 9.17) is 11.6 Å². The molecule has 2 amide bonds. The third-order valence-corrected chi connectivity index (χ3v) is 3.02. The van der Waals surface area contributed by atoms with Crippen molar-refractivity contribution in [2.75, 3.05) is 5.32 Å². The van der Waals surface area contributed by atoms with Gasteiger partial charge in [-0.3, -0.25) is 9.59 Å². The highest BCUT2D eigenvalue weighted by molar-refractivity contribution is 6.30. The van der Waals surface area contributed by atoms with Crippen LogP contribution in [0.5, 0.6) is 0 Å². The zero-order chi connectivity index (χ0) is 17.0. The van der Waals surface area contributed by atoms with Gasteiger partial charge in [-0.25, -0.2) is 4.98 Å². The smallest absolute Gasteiger partial charge is 0.274 e. The van der Waals surface area contributed by atoms with E-state index >= 15 is 0 Å². The molecule has 0 fully saturated rings. The molecule has 0 aliphatic rings. The molecule has 0 aliphatic carbocycles. The molecule has 23 heavy (non-hydrogen) atoms. The Morgan fingerprint density at radius 3 is 2.22 bits per heavy atom. The Hall–Kier alpha value is -2.40. The molecule has 0 saturated carbocycles. The number of pyridine rings is 1. The molecular weight excluding hydrogens is 314 g/mol. The van der Waals surface area contributed by atoms with Crippen LogP contribution in [0.15, 0.2) is 42.5 Å². The molecule has 5 nitrogen and oxygen atoms in total. The fourth-order valence-electron chi connectivity index (χ4n) is 1.85. The summed E-state index contributed by atoms with van der Waals surface area (Å²) < 4.78 is 0. The second kappa shape index (κ2) is 6.79. The molecule has 0 saturated heterocycles. The van der Waals surface area contributed by atoms with Crippen molar-refractivity contribution >= 4 is 29.1 Å². The van der Waals surface area contributed by atoms with Crippen molar-refractivity contribution in [1.82, 2.24) is 10.3 Å². The summed E-state index contributed by atoms with van der Waals surface area (Å²) in [5, 5.41) is 6.03. The number of nitrogens with one attached hydrogen (secondary N) is 2. The molecule has 1 aromatic carbocycles. The van der Waals surface area contributed by atoms with Crippen LogP contribution in [-0.4, -0.2) is 22.3 Å². The normalized spacial score (nSPS) is 11.0. The van der Waals surface area contributed by atoms with Gasteiger partial charge in [0.05, 0.1) is 0 Å². The number of carbonyl (C=O) groups is 2. The Morgan fingerprint density at radius 1 is 1.00 bits per heavy atom. The molecule has 1 aromatic heterocycles. The van der Waals surface area contributed by atoms with Gasteiger partial charge < -0.3 is 10.6 Å². The maximum atomic E-state index is 12.2. The lowest BCUT2D eigenvalue weighted by Crippen LogP contribution is -2.41. The standard InChI is InChI=1S/C17H18ClN3O2/c1-17(2,3)21-16(23)14-9-5-8-13(20-14)15(22)19-12-7-4-6-11(18)10-12/h4-10H,1-3H3,(H,19,22)(H,21,23). The van der Waals surface area contributed by atoms with E-state index in [1.54, 1.807) is 42.5 Å². The average molecular weight is 332 g/mol. The quantitative estimate of drug-likeness (QED) is 0.904. The summed E-state index contributed by atoms with van der Waals surface area (Å²) >= 11 is 5.88. The van der Waals surface area contributed by atoms with Crippen LogP contribution in [0, 0.1) is 0 Å². The number of hydrogen-bond donors (Lipinski definition) is 2. The molecule has 6 heteroatoms. The van der Waals surface area contributed by atoms with Crippen molar-refractivity contribution in [2.45, 2.75) is 26.3 Å². The molecule has 0 bridgehead atoms. The van der Waals surface area contributed by atoms with Crippen LogP contribution in [0.1, 0.15) is 41.7 Å². The predicted molar refractivity (Wildman–Crippen MR) is 90.9 cm³/mol. The minimum atomic E-state index is -0.405. The third-order valence-electron chi connectivity index (χ3n) is 2.79. The van der Waals surface area contributed by atoms with Crippen molar-refractivity contribution in [1.29, 1.82) is 0 Å². The first-order chi connectivity index (χ1) is 10.7. The van der Waals surface area contributed by atoms with E-state index in [9.17, 15) is 9.59 Å². The van der Waals surface area contributed by atoms with E-state index in [0.29, 0.717) is 10.7 Å². The molecule has 0 spiro atoms. The summed E-state index contributed by atoms with van der Waals surface area (Å²) in [5.74, 6) is -0.729. The van der Waals surface area contributed by atoms with Gasteiger partial charge in [0.15, 0.2) is 0 Å². The molecule has 0 atom stereocenters. The summed E-state index contributed by atoms with van der Waals surface area (Å²) in [4.78, 5) is 28.5. The second-order valence-electron chi connectivity index (χ2n) is 6.08. The molecule has 120 valence electrons. The number of nitrogens with zero attached hydrogens (tertiary/aromatic N) is 1. The van der Waals surface area contributed by atoms with Crippen molar-refractivity contribution in [3.63, 3.8) is 0 Å². The van der Waals surface area contributed by atoms with Crippen LogP contribution in [-0.2, 0) is 0 Å². The summed E-state index contributed by atoms with van der Waals surface area (Å²) in [5.41, 5.74) is 0.539. The fraction of sp³-hybridized carbons (Fsp3) is 0.235. The number of anilines is 1. The van der Waals surface area contributed by atoms with Gasteiger partial charge in [0.2, 0.25) is 0 Å². The van der Waals surface area contributed by atoms with Crippen molar-refractivity contribution in [3.8, 4) is 0 Å². The highest BCUT2D eigenvalue weighted by Crippen LogP contribution is 2.15. The van der Waals surface area contributed by atoms with Gasteiger partial charge >= 0.3 is 0 Å². The molecule has 0 aliphatic heterocycles. The SMILES string of the molecule is CC(C)(C)NC(=O)c1cccc(C(=O)Nc2cccc(Cl)c2)n1. The Morgan fingerprint density at radius 2 is 1.61 bits per heavy atom. The van der Waals surface area contributed by atoms with E-state index in [0.717, 1.165) is 0 Å². The molecule has 2 N–H and O–H groups in total. The lowest BCUT2D eigenvalue weighted by Gasteiger charge is -2.20. The van der Waals surface area contributed by atoms with Crippen LogP contribution in [0.3, 0.4) is 0 Å². The van der Waals surface area contributed by atoms with Gasteiger partial charge in [0.1, 0.15) is 11.4 Å². The Bertz CT molecular complexity index is 739. The summed E-state index contributed by atoms with van der Waals surface area (Å²) in [7, 11) is 0. The molecule has 1 heterocycles. The molecular formula is C17H18ClN3O2.